The molecule has 1 unspecified atom stereocenters. The van der Waals surface area contributed by atoms with Gasteiger partial charge in [-0.05, 0) is 37.2 Å². The largest absolute Gasteiger partial charge is 0.493 e. The third kappa shape index (κ3) is 2.73. The van der Waals surface area contributed by atoms with Crippen molar-refractivity contribution < 1.29 is 14.6 Å². The number of hydrogen-bond acceptors (Lipinski definition) is 3. The molecular formula is C12H15NO3. The van der Waals surface area contributed by atoms with Crippen LogP contribution in [0, 0.1) is 5.92 Å². The molecule has 2 N–H and O–H groups in total. The Morgan fingerprint density at radius 1 is 1.44 bits per heavy atom. The topological polar surface area (TPSA) is 58.6 Å². The molecule has 0 aliphatic carbocycles. The summed E-state index contributed by atoms with van der Waals surface area (Å²) in [5, 5.41) is 12.0. The van der Waals surface area contributed by atoms with E-state index in [0.717, 1.165) is 25.3 Å². The van der Waals surface area contributed by atoms with Gasteiger partial charge in [0.25, 0.3) is 0 Å². The molecule has 86 valence electrons. The zero-order chi connectivity index (χ0) is 11.4. The van der Waals surface area contributed by atoms with Crippen molar-refractivity contribution in [3.05, 3.63) is 29.8 Å². The van der Waals surface area contributed by atoms with Gasteiger partial charge >= 0.3 is 5.97 Å². The van der Waals surface area contributed by atoms with E-state index >= 15 is 0 Å². The third-order valence-corrected chi connectivity index (χ3v) is 2.75. The smallest absolute Gasteiger partial charge is 0.335 e. The second-order valence-electron chi connectivity index (χ2n) is 4.00. The van der Waals surface area contributed by atoms with Gasteiger partial charge in [0.2, 0.25) is 0 Å². The number of rotatable bonds is 4. The first kappa shape index (κ1) is 11.0. The average Bonchev–Trinajstić information content (AvgIpc) is 2.80. The van der Waals surface area contributed by atoms with Crippen LogP contribution in [0.15, 0.2) is 24.3 Å². The summed E-state index contributed by atoms with van der Waals surface area (Å²) in [6.07, 6.45) is 1.15. The van der Waals surface area contributed by atoms with Gasteiger partial charge in [0.05, 0.1) is 12.2 Å². The molecule has 1 aliphatic rings. The predicted molar refractivity (Wildman–Crippen MR) is 59.9 cm³/mol. The summed E-state index contributed by atoms with van der Waals surface area (Å²) < 4.78 is 5.59. The van der Waals surface area contributed by atoms with Gasteiger partial charge < -0.3 is 15.2 Å². The number of aromatic carboxylic acids is 1. The van der Waals surface area contributed by atoms with Gasteiger partial charge in [-0.1, -0.05) is 0 Å². The highest BCUT2D eigenvalue weighted by molar-refractivity contribution is 5.87. The second-order valence-corrected chi connectivity index (χ2v) is 4.00. The molecule has 1 atom stereocenters. The number of carbonyl (C=O) groups is 1. The fourth-order valence-electron chi connectivity index (χ4n) is 1.76. The van der Waals surface area contributed by atoms with E-state index in [-0.39, 0.29) is 5.56 Å². The van der Waals surface area contributed by atoms with Crippen molar-refractivity contribution in [2.75, 3.05) is 19.7 Å². The molecule has 0 bridgehead atoms. The van der Waals surface area contributed by atoms with Gasteiger partial charge in [-0.25, -0.2) is 4.79 Å². The van der Waals surface area contributed by atoms with Gasteiger partial charge in [0, 0.05) is 12.5 Å². The molecular weight excluding hydrogens is 206 g/mol. The maximum absolute atomic E-state index is 10.6. The van der Waals surface area contributed by atoms with Crippen LogP contribution < -0.4 is 10.1 Å². The normalized spacial score (nSPS) is 19.6. The lowest BCUT2D eigenvalue weighted by Gasteiger charge is -2.10. The van der Waals surface area contributed by atoms with Crippen LogP contribution in [0.3, 0.4) is 0 Å². The van der Waals surface area contributed by atoms with Gasteiger partial charge in [-0.2, -0.15) is 0 Å². The maximum Gasteiger partial charge on any atom is 0.335 e. The van der Waals surface area contributed by atoms with Gasteiger partial charge in [-0.3, -0.25) is 0 Å². The fourth-order valence-corrected chi connectivity index (χ4v) is 1.76. The van der Waals surface area contributed by atoms with Crippen molar-refractivity contribution >= 4 is 5.97 Å². The molecule has 1 aromatic rings. The summed E-state index contributed by atoms with van der Waals surface area (Å²) in [4.78, 5) is 10.6. The third-order valence-electron chi connectivity index (χ3n) is 2.75. The van der Waals surface area contributed by atoms with E-state index in [9.17, 15) is 4.79 Å². The minimum Gasteiger partial charge on any atom is -0.493 e. The lowest BCUT2D eigenvalue weighted by atomic mass is 10.1. The molecule has 4 heteroatoms. The van der Waals surface area contributed by atoms with Crippen LogP contribution in [0.4, 0.5) is 0 Å². The molecule has 1 fully saturated rings. The molecule has 0 amide bonds. The maximum atomic E-state index is 10.6. The first-order valence-electron chi connectivity index (χ1n) is 5.42. The summed E-state index contributed by atoms with van der Waals surface area (Å²) in [5.41, 5.74) is 0.287. The Hall–Kier alpha value is -1.55. The summed E-state index contributed by atoms with van der Waals surface area (Å²) in [5.74, 6) is 0.391. The molecule has 4 nitrogen and oxygen atoms in total. The molecule has 2 rings (SSSR count). The quantitative estimate of drug-likeness (QED) is 0.806. The van der Waals surface area contributed by atoms with Crippen LogP contribution >= 0.6 is 0 Å². The predicted octanol–water partition coefficient (Wildman–Crippen LogP) is 1.37. The van der Waals surface area contributed by atoms with Crippen molar-refractivity contribution in [3.63, 3.8) is 0 Å². The van der Waals surface area contributed by atoms with E-state index in [1.165, 1.54) is 0 Å². The minimum absolute atomic E-state index is 0.287. The number of benzene rings is 1. The van der Waals surface area contributed by atoms with Gasteiger partial charge in [0.1, 0.15) is 5.75 Å². The van der Waals surface area contributed by atoms with Crippen LogP contribution in [0.25, 0.3) is 0 Å². The summed E-state index contributed by atoms with van der Waals surface area (Å²) in [7, 11) is 0. The molecule has 1 aromatic carbocycles. The first-order chi connectivity index (χ1) is 7.75. The van der Waals surface area contributed by atoms with Crippen molar-refractivity contribution in [1.82, 2.24) is 5.32 Å². The van der Waals surface area contributed by atoms with Crippen molar-refractivity contribution in [2.45, 2.75) is 6.42 Å². The zero-order valence-corrected chi connectivity index (χ0v) is 8.98. The van der Waals surface area contributed by atoms with E-state index in [1.807, 2.05) is 0 Å². The Bertz CT molecular complexity index is 355. The number of ether oxygens (including phenoxy) is 1. The molecule has 1 aliphatic heterocycles. The summed E-state index contributed by atoms with van der Waals surface area (Å²) >= 11 is 0. The second kappa shape index (κ2) is 4.99. The Kier molecular flexibility index (Phi) is 3.41. The Morgan fingerprint density at radius 2 is 2.19 bits per heavy atom. The van der Waals surface area contributed by atoms with Crippen molar-refractivity contribution in [3.8, 4) is 5.75 Å². The Labute approximate surface area is 94.2 Å². The van der Waals surface area contributed by atoms with E-state index < -0.39 is 5.97 Å². The molecule has 0 aromatic heterocycles. The molecule has 0 radical (unpaired) electrons. The minimum atomic E-state index is -0.911. The highest BCUT2D eigenvalue weighted by Crippen LogP contribution is 2.15. The number of nitrogens with one attached hydrogen (secondary N) is 1. The first-order valence-corrected chi connectivity index (χ1v) is 5.42. The molecule has 1 heterocycles. The van der Waals surface area contributed by atoms with Gasteiger partial charge in [-0.15, -0.1) is 0 Å². The highest BCUT2D eigenvalue weighted by atomic mass is 16.5. The summed E-state index contributed by atoms with van der Waals surface area (Å²) in [6.45, 7) is 2.76. The Morgan fingerprint density at radius 3 is 2.75 bits per heavy atom. The fraction of sp³-hybridized carbons (Fsp3) is 0.417. The lowest BCUT2D eigenvalue weighted by molar-refractivity contribution is 0.0697. The molecule has 0 saturated carbocycles. The molecule has 16 heavy (non-hydrogen) atoms. The molecule has 1 saturated heterocycles. The SMILES string of the molecule is O=C(O)c1ccc(OCC2CCNC2)cc1. The standard InChI is InChI=1S/C12H15NO3/c14-12(15)10-1-3-11(4-2-10)16-8-9-5-6-13-7-9/h1-4,9,13H,5-8H2,(H,14,15). The highest BCUT2D eigenvalue weighted by Gasteiger charge is 2.14. The average molecular weight is 221 g/mol. The van der Waals surface area contributed by atoms with Crippen LogP contribution in [0.5, 0.6) is 5.75 Å². The number of carboxylic acid groups (broad SMARTS) is 1. The monoisotopic (exact) mass is 221 g/mol. The molecule has 0 spiro atoms. The summed E-state index contributed by atoms with van der Waals surface area (Å²) in [6, 6.07) is 6.52. The lowest BCUT2D eigenvalue weighted by Crippen LogP contribution is -2.15. The van der Waals surface area contributed by atoms with Crippen molar-refractivity contribution in [1.29, 1.82) is 0 Å². The number of carboxylic acids is 1. The van der Waals surface area contributed by atoms with Crippen LogP contribution in [0.2, 0.25) is 0 Å². The number of hydrogen-bond donors (Lipinski definition) is 2. The zero-order valence-electron chi connectivity index (χ0n) is 8.98. The van der Waals surface area contributed by atoms with E-state index in [1.54, 1.807) is 24.3 Å². The Balaban J connectivity index is 1.87. The van der Waals surface area contributed by atoms with E-state index in [0.29, 0.717) is 12.5 Å². The van der Waals surface area contributed by atoms with Gasteiger partial charge in [0.15, 0.2) is 0 Å². The van der Waals surface area contributed by atoms with Crippen LogP contribution in [-0.2, 0) is 0 Å². The van der Waals surface area contributed by atoms with E-state index in [2.05, 4.69) is 5.32 Å². The van der Waals surface area contributed by atoms with Crippen LogP contribution in [0.1, 0.15) is 16.8 Å². The van der Waals surface area contributed by atoms with E-state index in [4.69, 9.17) is 9.84 Å². The van der Waals surface area contributed by atoms with Crippen molar-refractivity contribution in [2.24, 2.45) is 5.92 Å². The van der Waals surface area contributed by atoms with Crippen LogP contribution in [-0.4, -0.2) is 30.8 Å².